The lowest BCUT2D eigenvalue weighted by Crippen LogP contribution is -2.33. The molecule has 2 aromatic heterocycles. The Morgan fingerprint density at radius 2 is 1.97 bits per heavy atom. The number of nitrogens with zero attached hydrogens (tertiary/aromatic N) is 4. The molecule has 33 heavy (non-hydrogen) atoms. The molecule has 0 amide bonds. The summed E-state index contributed by atoms with van der Waals surface area (Å²) in [6.07, 6.45) is -0.603. The molecule has 1 aliphatic rings. The molecule has 1 aliphatic heterocycles. The first kappa shape index (κ1) is 23.7. The highest BCUT2D eigenvalue weighted by molar-refractivity contribution is 7.99. The van der Waals surface area contributed by atoms with E-state index in [1.54, 1.807) is 23.4 Å². The van der Waals surface area contributed by atoms with E-state index in [0.717, 1.165) is 29.9 Å². The van der Waals surface area contributed by atoms with E-state index in [-0.39, 0.29) is 0 Å². The van der Waals surface area contributed by atoms with E-state index in [2.05, 4.69) is 27.2 Å². The van der Waals surface area contributed by atoms with Crippen LogP contribution in [0.15, 0.2) is 35.7 Å². The normalized spacial score (nSPS) is 22.7. The molecule has 11 heteroatoms. The van der Waals surface area contributed by atoms with Crippen LogP contribution in [0.25, 0.3) is 11.2 Å². The molecule has 1 aromatic carbocycles. The topological polar surface area (TPSA) is 135 Å². The minimum atomic E-state index is -1.22. The van der Waals surface area contributed by atoms with E-state index in [9.17, 15) is 15.3 Å². The van der Waals surface area contributed by atoms with Crippen LogP contribution < -0.4 is 10.1 Å². The molecule has 3 heterocycles. The second-order valence-electron chi connectivity index (χ2n) is 7.81. The van der Waals surface area contributed by atoms with Gasteiger partial charge in [-0.05, 0) is 24.1 Å². The summed E-state index contributed by atoms with van der Waals surface area (Å²) >= 11 is 1.55. The van der Waals surface area contributed by atoms with Crippen molar-refractivity contribution in [2.75, 3.05) is 24.8 Å². The maximum atomic E-state index is 10.5. The second kappa shape index (κ2) is 10.7. The van der Waals surface area contributed by atoms with Gasteiger partial charge in [-0.25, -0.2) is 15.0 Å². The minimum Gasteiger partial charge on any atom is -0.497 e. The molecule has 4 rings (SSSR count). The molecule has 0 aliphatic carbocycles. The number of imidazole rings is 1. The highest BCUT2D eigenvalue weighted by Gasteiger charge is 2.44. The number of methoxy groups -OCH3 is 1. The van der Waals surface area contributed by atoms with Gasteiger partial charge < -0.3 is 30.1 Å². The zero-order valence-corrected chi connectivity index (χ0v) is 19.4. The Hall–Kier alpha value is -2.44. The van der Waals surface area contributed by atoms with Gasteiger partial charge in [-0.1, -0.05) is 37.2 Å². The Bertz CT molecular complexity index is 1060. The SMILES string of the molecule is CCCCSc1nc(NCc2ccc(OC)cc2)c2ncn([C@@H]3O[C@H](CO)[C@@H](O)[C@H]3O)c2n1. The van der Waals surface area contributed by atoms with Gasteiger partial charge in [0, 0.05) is 12.3 Å². The number of benzene rings is 1. The lowest BCUT2D eigenvalue weighted by molar-refractivity contribution is -0.0511. The van der Waals surface area contributed by atoms with E-state index in [1.807, 2.05) is 24.3 Å². The molecule has 1 fully saturated rings. The first-order chi connectivity index (χ1) is 16.0. The van der Waals surface area contributed by atoms with Gasteiger partial charge in [0.25, 0.3) is 0 Å². The van der Waals surface area contributed by atoms with Gasteiger partial charge in [0.15, 0.2) is 28.4 Å². The molecule has 0 spiro atoms. The third-order valence-electron chi connectivity index (χ3n) is 5.54. The molecule has 178 valence electrons. The summed E-state index contributed by atoms with van der Waals surface area (Å²) in [6.45, 7) is 2.25. The highest BCUT2D eigenvalue weighted by Crippen LogP contribution is 2.33. The molecule has 0 radical (unpaired) electrons. The van der Waals surface area contributed by atoms with Gasteiger partial charge in [0.05, 0.1) is 20.0 Å². The maximum absolute atomic E-state index is 10.5. The third-order valence-corrected chi connectivity index (χ3v) is 6.47. The van der Waals surface area contributed by atoms with Crippen molar-refractivity contribution in [2.45, 2.75) is 56.0 Å². The van der Waals surface area contributed by atoms with E-state index >= 15 is 0 Å². The van der Waals surface area contributed by atoms with E-state index < -0.39 is 31.1 Å². The Morgan fingerprint density at radius 3 is 2.64 bits per heavy atom. The van der Waals surface area contributed by atoms with Crippen LogP contribution >= 0.6 is 11.8 Å². The average molecular weight is 476 g/mol. The van der Waals surface area contributed by atoms with Crippen LogP contribution in [0.5, 0.6) is 5.75 Å². The molecule has 0 unspecified atom stereocenters. The van der Waals surface area contributed by atoms with Crippen molar-refractivity contribution in [3.63, 3.8) is 0 Å². The van der Waals surface area contributed by atoms with Crippen molar-refractivity contribution in [1.82, 2.24) is 19.5 Å². The largest absolute Gasteiger partial charge is 0.497 e. The molecule has 10 nitrogen and oxygen atoms in total. The van der Waals surface area contributed by atoms with Crippen LogP contribution in [-0.4, -0.2) is 72.6 Å². The predicted molar refractivity (Wildman–Crippen MR) is 124 cm³/mol. The number of ether oxygens (including phenoxy) is 2. The Balaban J connectivity index is 1.65. The van der Waals surface area contributed by atoms with Crippen LogP contribution in [0.4, 0.5) is 5.82 Å². The molecule has 1 saturated heterocycles. The zero-order chi connectivity index (χ0) is 23.4. The fourth-order valence-corrected chi connectivity index (χ4v) is 4.54. The zero-order valence-electron chi connectivity index (χ0n) is 18.6. The monoisotopic (exact) mass is 475 g/mol. The molecule has 0 saturated carbocycles. The summed E-state index contributed by atoms with van der Waals surface area (Å²) < 4.78 is 12.5. The van der Waals surface area contributed by atoms with Gasteiger partial charge in [-0.2, -0.15) is 0 Å². The lowest BCUT2D eigenvalue weighted by Gasteiger charge is -2.17. The number of aromatic nitrogens is 4. The average Bonchev–Trinajstić information content (AvgIpc) is 3.38. The quantitative estimate of drug-likeness (QED) is 0.196. The van der Waals surface area contributed by atoms with Crippen molar-refractivity contribution in [3.05, 3.63) is 36.2 Å². The van der Waals surface area contributed by atoms with Gasteiger partial charge in [0.2, 0.25) is 0 Å². The standard InChI is InChI=1S/C22H29N5O5S/c1-3-4-9-33-22-25-19(23-10-13-5-7-14(31-2)8-6-13)16-20(26-22)27(12-24-16)21-18(30)17(29)15(11-28)32-21/h5-8,12,15,17-18,21,28-30H,3-4,9-11H2,1-2H3,(H,23,25,26)/t15-,17-,18-,21-/m1/s1. The first-order valence-corrected chi connectivity index (χ1v) is 11.9. The number of unbranched alkanes of at least 4 members (excludes halogenated alkanes) is 1. The van der Waals surface area contributed by atoms with Crippen LogP contribution in [0.3, 0.4) is 0 Å². The number of hydrogen-bond donors (Lipinski definition) is 4. The summed E-state index contributed by atoms with van der Waals surface area (Å²) in [4.78, 5) is 13.8. The van der Waals surface area contributed by atoms with Gasteiger partial charge in [0.1, 0.15) is 24.1 Å². The molecule has 0 bridgehead atoms. The second-order valence-corrected chi connectivity index (χ2v) is 8.87. The van der Waals surface area contributed by atoms with Gasteiger partial charge in [-0.15, -0.1) is 0 Å². The Morgan fingerprint density at radius 1 is 1.18 bits per heavy atom. The number of anilines is 1. The number of hydrogen-bond acceptors (Lipinski definition) is 10. The van der Waals surface area contributed by atoms with Crippen molar-refractivity contribution in [3.8, 4) is 5.75 Å². The van der Waals surface area contributed by atoms with E-state index in [1.165, 1.54) is 6.33 Å². The maximum Gasteiger partial charge on any atom is 0.191 e. The third kappa shape index (κ3) is 5.07. The Labute approximate surface area is 196 Å². The number of fused-ring (bicyclic) bond motifs is 1. The number of nitrogens with one attached hydrogen (secondary N) is 1. The molecule has 3 aromatic rings. The fourth-order valence-electron chi connectivity index (χ4n) is 3.62. The summed E-state index contributed by atoms with van der Waals surface area (Å²) in [5.74, 6) is 2.23. The first-order valence-electron chi connectivity index (χ1n) is 10.9. The number of thioether (sulfide) groups is 1. The summed E-state index contributed by atoms with van der Waals surface area (Å²) in [6, 6.07) is 7.74. The molecular formula is C22H29N5O5S. The van der Waals surface area contributed by atoms with Crippen LogP contribution in [0.2, 0.25) is 0 Å². The summed E-state index contributed by atoms with van der Waals surface area (Å²) in [5, 5.41) is 34.0. The van der Waals surface area contributed by atoms with Crippen molar-refractivity contribution >= 4 is 28.7 Å². The summed E-state index contributed by atoms with van der Waals surface area (Å²) in [5.41, 5.74) is 2.06. The van der Waals surface area contributed by atoms with Crippen molar-refractivity contribution in [2.24, 2.45) is 0 Å². The van der Waals surface area contributed by atoms with Crippen molar-refractivity contribution in [1.29, 1.82) is 0 Å². The van der Waals surface area contributed by atoms with Gasteiger partial charge >= 0.3 is 0 Å². The lowest BCUT2D eigenvalue weighted by atomic mass is 10.1. The van der Waals surface area contributed by atoms with Crippen molar-refractivity contribution < 1.29 is 24.8 Å². The van der Waals surface area contributed by atoms with Crippen LogP contribution in [0, 0.1) is 0 Å². The van der Waals surface area contributed by atoms with E-state index in [0.29, 0.717) is 28.7 Å². The molecular weight excluding hydrogens is 446 g/mol. The van der Waals surface area contributed by atoms with Gasteiger partial charge in [-0.3, -0.25) is 4.57 Å². The Kier molecular flexibility index (Phi) is 7.66. The fraction of sp³-hybridized carbons (Fsp3) is 0.500. The minimum absolute atomic E-state index is 0.400. The highest BCUT2D eigenvalue weighted by atomic mass is 32.2. The van der Waals surface area contributed by atoms with E-state index in [4.69, 9.17) is 9.47 Å². The number of aliphatic hydroxyl groups excluding tert-OH is 3. The smallest absolute Gasteiger partial charge is 0.191 e. The number of rotatable bonds is 10. The number of aliphatic hydroxyl groups is 3. The van der Waals surface area contributed by atoms with Crippen LogP contribution in [-0.2, 0) is 11.3 Å². The van der Waals surface area contributed by atoms with Crippen LogP contribution in [0.1, 0.15) is 31.6 Å². The summed E-state index contributed by atoms with van der Waals surface area (Å²) in [7, 11) is 1.63. The predicted octanol–water partition coefficient (Wildman–Crippen LogP) is 1.95. The molecule has 4 atom stereocenters. The molecule has 4 N–H and O–H groups in total.